The first-order chi connectivity index (χ1) is 25.5. The maximum Gasteiger partial charge on any atom is 0.407 e. The molecule has 6 rings (SSSR count). The largest absolute Gasteiger partial charge is 0.488 e. The number of hydrogen-bond donors (Lipinski definition) is 3. The Balaban J connectivity index is 1.20. The highest BCUT2D eigenvalue weighted by Crippen LogP contribution is 2.44. The molecule has 2 aromatic carbocycles. The average molecular weight is 724 g/mol. The lowest BCUT2D eigenvalue weighted by Crippen LogP contribution is -2.44. The van der Waals surface area contributed by atoms with Gasteiger partial charge in [-0.1, -0.05) is 46.2 Å². The molecule has 0 spiro atoms. The fraction of sp³-hybridized carbons (Fsp3) is 0.488. The van der Waals surface area contributed by atoms with E-state index in [2.05, 4.69) is 83.0 Å². The van der Waals surface area contributed by atoms with Crippen LogP contribution in [0.1, 0.15) is 95.7 Å². The van der Waals surface area contributed by atoms with Crippen LogP contribution in [-0.4, -0.2) is 73.4 Å². The molecule has 3 N–H and O–H groups in total. The minimum absolute atomic E-state index is 0.0392. The Morgan fingerprint density at radius 2 is 1.60 bits per heavy atom. The lowest BCUT2D eigenvalue weighted by Gasteiger charge is -2.29. The minimum atomic E-state index is -0.639. The number of nitrogens with one attached hydrogen (secondary N) is 3. The molecule has 282 valence electrons. The van der Waals surface area contributed by atoms with Gasteiger partial charge in [-0.05, 0) is 85.9 Å². The fourth-order valence-corrected chi connectivity index (χ4v) is 7.10. The van der Waals surface area contributed by atoms with Crippen molar-refractivity contribution in [2.75, 3.05) is 13.7 Å². The topological polar surface area (TPSA) is 146 Å². The molecule has 1 aliphatic heterocycles. The summed E-state index contributed by atoms with van der Waals surface area (Å²) in [5.41, 5.74) is 9.48. The predicted octanol–water partition coefficient (Wildman–Crippen LogP) is 7.17. The summed E-state index contributed by atoms with van der Waals surface area (Å²) in [6, 6.07) is 10.9. The summed E-state index contributed by atoms with van der Waals surface area (Å²) < 4.78 is 11.0. The van der Waals surface area contributed by atoms with Crippen molar-refractivity contribution in [3.05, 3.63) is 65.0 Å². The first-order valence-corrected chi connectivity index (χ1v) is 19.0. The number of aryl methyl sites for hydroxylation is 2. The Morgan fingerprint density at radius 3 is 2.32 bits per heavy atom. The average Bonchev–Trinajstić information content (AvgIpc) is 3.83. The van der Waals surface area contributed by atoms with E-state index in [-0.39, 0.29) is 30.4 Å². The first-order valence-electron chi connectivity index (χ1n) is 19.0. The lowest BCUT2D eigenvalue weighted by molar-refractivity contribution is -0.135. The molecule has 12 heteroatoms. The van der Waals surface area contributed by atoms with E-state index in [0.29, 0.717) is 37.9 Å². The molecule has 2 aromatic heterocycles. The second-order valence-corrected chi connectivity index (χ2v) is 14.5. The third kappa shape index (κ3) is 8.11. The van der Waals surface area contributed by atoms with Crippen molar-refractivity contribution in [3.63, 3.8) is 0 Å². The molecular formula is C41H53N7O5. The molecule has 4 aromatic rings. The van der Waals surface area contributed by atoms with Crippen LogP contribution in [0.2, 0.25) is 0 Å². The molecule has 0 fully saturated rings. The zero-order chi connectivity index (χ0) is 37.8. The number of methoxy groups -OCH3 is 1. The van der Waals surface area contributed by atoms with Crippen LogP contribution in [0.4, 0.5) is 4.79 Å². The molecular weight excluding hydrogens is 670 g/mol. The summed E-state index contributed by atoms with van der Waals surface area (Å²) in [7, 11) is 1.27. The van der Waals surface area contributed by atoms with Crippen LogP contribution in [0.5, 0.6) is 5.75 Å². The molecule has 3 heterocycles. The number of aromatic amines is 2. The van der Waals surface area contributed by atoms with Crippen molar-refractivity contribution in [2.45, 2.75) is 112 Å². The van der Waals surface area contributed by atoms with Crippen molar-refractivity contribution in [1.29, 1.82) is 0 Å². The van der Waals surface area contributed by atoms with Crippen molar-refractivity contribution in [1.82, 2.24) is 35.1 Å². The Labute approximate surface area is 312 Å². The number of hydrogen-bond acceptors (Lipinski definition) is 7. The van der Waals surface area contributed by atoms with E-state index >= 15 is 0 Å². The van der Waals surface area contributed by atoms with E-state index in [1.807, 2.05) is 24.9 Å². The zero-order valence-electron chi connectivity index (χ0n) is 32.1. The zero-order valence-corrected chi connectivity index (χ0v) is 32.1. The van der Waals surface area contributed by atoms with Gasteiger partial charge in [0.1, 0.15) is 30.5 Å². The summed E-state index contributed by atoms with van der Waals surface area (Å²) in [6.45, 7) is 13.5. The Hall–Kier alpha value is -5.13. The Morgan fingerprint density at radius 1 is 0.868 bits per heavy atom. The maximum atomic E-state index is 13.2. The minimum Gasteiger partial charge on any atom is -0.488 e. The van der Waals surface area contributed by atoms with Crippen molar-refractivity contribution < 1.29 is 23.9 Å². The number of imidazole rings is 2. The number of rotatable bonds is 14. The van der Waals surface area contributed by atoms with Gasteiger partial charge in [-0.15, -0.1) is 0 Å². The van der Waals surface area contributed by atoms with Crippen LogP contribution in [0.25, 0.3) is 33.6 Å². The number of H-pyrrole nitrogens is 2. The van der Waals surface area contributed by atoms with Crippen LogP contribution in [0.15, 0.2) is 36.5 Å². The predicted molar refractivity (Wildman–Crippen MR) is 204 cm³/mol. The molecule has 1 unspecified atom stereocenters. The molecule has 53 heavy (non-hydrogen) atoms. The van der Waals surface area contributed by atoms with E-state index in [1.54, 1.807) is 4.90 Å². The van der Waals surface area contributed by atoms with Gasteiger partial charge in [0.05, 0.1) is 43.5 Å². The highest BCUT2D eigenvalue weighted by molar-refractivity contribution is 5.84. The SMILES string of the molecule is CCC(C)CC(=O)N(Cc1ncc(-c2ccc3c(c2)COc2cc4c(cc2-3)CCc2nc(CN(C(=O)CNC(=O)OC)[C@@H](C)CC)[nH]c2-4)[nH]1)[C@@H](C)CC. The number of carbonyl (C=O) groups is 3. The second-order valence-electron chi connectivity index (χ2n) is 14.5. The van der Waals surface area contributed by atoms with E-state index in [1.165, 1.54) is 12.7 Å². The number of alkyl carbamates (subject to hydrolysis) is 1. The van der Waals surface area contributed by atoms with Gasteiger partial charge in [-0.2, -0.15) is 0 Å². The van der Waals surface area contributed by atoms with Crippen LogP contribution >= 0.6 is 0 Å². The van der Waals surface area contributed by atoms with Gasteiger partial charge in [-0.25, -0.2) is 14.8 Å². The third-order valence-corrected chi connectivity index (χ3v) is 11.0. The Kier molecular flexibility index (Phi) is 11.5. The van der Waals surface area contributed by atoms with Crippen LogP contribution in [0, 0.1) is 5.92 Å². The highest BCUT2D eigenvalue weighted by Gasteiger charge is 2.28. The second kappa shape index (κ2) is 16.3. The van der Waals surface area contributed by atoms with E-state index in [9.17, 15) is 14.4 Å². The van der Waals surface area contributed by atoms with Gasteiger partial charge in [0, 0.05) is 29.6 Å². The van der Waals surface area contributed by atoms with Crippen LogP contribution < -0.4 is 10.1 Å². The molecule has 1 aliphatic carbocycles. The molecule has 0 saturated carbocycles. The number of aromatic nitrogens is 4. The number of carbonyl (C=O) groups excluding carboxylic acids is 3. The molecule has 0 bridgehead atoms. The first kappa shape index (κ1) is 37.6. The lowest BCUT2D eigenvalue weighted by atomic mass is 9.86. The fourth-order valence-electron chi connectivity index (χ4n) is 7.10. The monoisotopic (exact) mass is 723 g/mol. The standard InChI is InChI=1S/C41H53N7O5/c1-8-24(4)15-38(49)47(25(5)9-2)21-36-42-19-34(45-36)28-11-13-30-29(16-28)23-53-35-18-31-27(17-32(30)35)12-14-33-40(31)46-37(44-33)22-48(26(6)10-3)39(50)20-43-41(51)52-7/h11,13,16-19,24-26H,8-10,12,14-15,20-23H2,1-7H3,(H,42,45)(H,43,51)(H,44,46)/t24?,25-,26-/m0/s1. The maximum absolute atomic E-state index is 13.2. The number of benzene rings is 2. The number of amides is 3. The number of fused-ring (bicyclic) bond motifs is 6. The Bertz CT molecular complexity index is 1970. The van der Waals surface area contributed by atoms with E-state index in [4.69, 9.17) is 9.72 Å². The van der Waals surface area contributed by atoms with Gasteiger partial charge in [0.15, 0.2) is 0 Å². The number of ether oxygens (including phenoxy) is 2. The quantitative estimate of drug-likeness (QED) is 0.125. The summed E-state index contributed by atoms with van der Waals surface area (Å²) >= 11 is 0. The smallest absolute Gasteiger partial charge is 0.407 e. The van der Waals surface area contributed by atoms with Gasteiger partial charge in [0.25, 0.3) is 0 Å². The summed E-state index contributed by atoms with van der Waals surface area (Å²) in [5, 5.41) is 2.50. The normalized spacial score (nSPS) is 14.4. The number of nitrogens with zero attached hydrogens (tertiary/aromatic N) is 4. The third-order valence-electron chi connectivity index (χ3n) is 11.0. The van der Waals surface area contributed by atoms with E-state index < -0.39 is 6.09 Å². The van der Waals surface area contributed by atoms with Gasteiger partial charge in [-0.3, -0.25) is 9.59 Å². The molecule has 3 amide bonds. The van der Waals surface area contributed by atoms with Gasteiger partial charge >= 0.3 is 6.09 Å². The molecule has 3 atom stereocenters. The van der Waals surface area contributed by atoms with Crippen molar-refractivity contribution >= 4 is 17.9 Å². The molecule has 2 aliphatic rings. The highest BCUT2D eigenvalue weighted by atomic mass is 16.5. The van der Waals surface area contributed by atoms with Crippen molar-refractivity contribution in [3.8, 4) is 39.4 Å². The summed E-state index contributed by atoms with van der Waals surface area (Å²) in [6.07, 6.45) is 6.02. The molecule has 12 nitrogen and oxygen atoms in total. The van der Waals surface area contributed by atoms with Gasteiger partial charge < -0.3 is 34.6 Å². The van der Waals surface area contributed by atoms with Crippen LogP contribution in [0.3, 0.4) is 0 Å². The summed E-state index contributed by atoms with van der Waals surface area (Å²) in [4.78, 5) is 58.1. The molecule has 0 radical (unpaired) electrons. The van der Waals surface area contributed by atoms with Crippen molar-refractivity contribution in [2.24, 2.45) is 5.92 Å². The van der Waals surface area contributed by atoms with E-state index in [0.717, 1.165) is 88.6 Å². The van der Waals surface area contributed by atoms with Crippen LogP contribution in [-0.2, 0) is 46.9 Å². The van der Waals surface area contributed by atoms with Gasteiger partial charge in [0.2, 0.25) is 11.8 Å². The summed E-state index contributed by atoms with van der Waals surface area (Å²) in [5.74, 6) is 2.64. The molecule has 0 saturated heterocycles.